The van der Waals surface area contributed by atoms with Crippen molar-refractivity contribution in [2.75, 3.05) is 6.54 Å². The van der Waals surface area contributed by atoms with Gasteiger partial charge in [-0.15, -0.1) is 0 Å². The van der Waals surface area contributed by atoms with Crippen LogP contribution in [0.15, 0.2) is 48.5 Å². The van der Waals surface area contributed by atoms with E-state index in [9.17, 15) is 4.79 Å². The van der Waals surface area contributed by atoms with Gasteiger partial charge in [0, 0.05) is 12.0 Å². The molecule has 1 heterocycles. The lowest BCUT2D eigenvalue weighted by molar-refractivity contribution is -0.119. The summed E-state index contributed by atoms with van der Waals surface area (Å²) < 4.78 is 11.6. The third-order valence-corrected chi connectivity index (χ3v) is 3.85. The van der Waals surface area contributed by atoms with Gasteiger partial charge >= 0.3 is 0 Å². The zero-order chi connectivity index (χ0) is 16.2. The number of para-hydroxylation sites is 1. The summed E-state index contributed by atoms with van der Waals surface area (Å²) in [5.74, 6) is 1.93. The van der Waals surface area contributed by atoms with Crippen LogP contribution in [0.25, 0.3) is 0 Å². The van der Waals surface area contributed by atoms with Crippen molar-refractivity contribution < 1.29 is 14.3 Å². The summed E-state index contributed by atoms with van der Waals surface area (Å²) >= 11 is 11.0. The minimum absolute atomic E-state index is 0.131. The number of halogens is 2. The van der Waals surface area contributed by atoms with Crippen molar-refractivity contribution in [3.63, 3.8) is 0 Å². The molecule has 0 bridgehead atoms. The Kier molecular flexibility index (Phi) is 4.94. The molecule has 0 saturated heterocycles. The highest BCUT2D eigenvalue weighted by atomic mass is 35.5. The van der Waals surface area contributed by atoms with Gasteiger partial charge in [-0.2, -0.15) is 0 Å². The van der Waals surface area contributed by atoms with Gasteiger partial charge < -0.3 is 14.8 Å². The molecule has 1 N–H and O–H groups in total. The Labute approximate surface area is 144 Å². The van der Waals surface area contributed by atoms with E-state index in [4.69, 9.17) is 32.7 Å². The van der Waals surface area contributed by atoms with E-state index in [2.05, 4.69) is 5.32 Å². The molecule has 2 aromatic rings. The molecule has 1 amide bonds. The zero-order valence-electron chi connectivity index (χ0n) is 12.2. The van der Waals surface area contributed by atoms with Crippen LogP contribution in [0.1, 0.15) is 5.56 Å². The van der Waals surface area contributed by atoms with E-state index in [1.54, 1.807) is 0 Å². The Hall–Kier alpha value is -1.91. The summed E-state index contributed by atoms with van der Waals surface area (Å²) in [4.78, 5) is 10.3. The molecule has 0 saturated carbocycles. The average Bonchev–Trinajstić information content (AvgIpc) is 2.95. The lowest BCUT2D eigenvalue weighted by atomic mass is 10.1. The standard InChI is InChI=1S/C17H15Cl2NO3/c18-16(19)17(21)20-10-14-9-11-8-13(6-7-15(11)23-14)22-12-4-2-1-3-5-12/h1-8,14,16H,9-10H2,(H,20,21)/t14-/m1/s1. The number of carbonyl (C=O) groups excluding carboxylic acids is 1. The molecule has 6 heteroatoms. The topological polar surface area (TPSA) is 47.6 Å². The van der Waals surface area contributed by atoms with Crippen LogP contribution in [0.4, 0.5) is 0 Å². The van der Waals surface area contributed by atoms with Gasteiger partial charge in [0.2, 0.25) is 0 Å². The van der Waals surface area contributed by atoms with E-state index in [1.807, 2.05) is 48.5 Å². The smallest absolute Gasteiger partial charge is 0.253 e. The highest BCUT2D eigenvalue weighted by Gasteiger charge is 2.24. The number of nitrogens with one attached hydrogen (secondary N) is 1. The molecule has 0 aromatic heterocycles. The number of alkyl halides is 2. The van der Waals surface area contributed by atoms with Crippen molar-refractivity contribution in [3.8, 4) is 17.2 Å². The van der Waals surface area contributed by atoms with Gasteiger partial charge in [-0.1, -0.05) is 41.4 Å². The number of carbonyl (C=O) groups is 1. The van der Waals surface area contributed by atoms with Gasteiger partial charge in [0.1, 0.15) is 23.4 Å². The number of hydrogen-bond donors (Lipinski definition) is 1. The van der Waals surface area contributed by atoms with Crippen LogP contribution in [0.5, 0.6) is 17.2 Å². The first kappa shape index (κ1) is 16.0. The van der Waals surface area contributed by atoms with Gasteiger partial charge in [-0.25, -0.2) is 0 Å². The lowest BCUT2D eigenvalue weighted by Gasteiger charge is -2.12. The predicted octanol–water partition coefficient (Wildman–Crippen LogP) is 3.70. The number of fused-ring (bicyclic) bond motifs is 1. The third kappa shape index (κ3) is 4.09. The molecule has 0 aliphatic carbocycles. The van der Waals surface area contributed by atoms with Gasteiger partial charge in [-0.05, 0) is 30.3 Å². The average molecular weight is 352 g/mol. The van der Waals surface area contributed by atoms with Crippen molar-refractivity contribution in [3.05, 3.63) is 54.1 Å². The molecule has 23 heavy (non-hydrogen) atoms. The summed E-state index contributed by atoms with van der Waals surface area (Å²) in [6.45, 7) is 0.359. The Morgan fingerprint density at radius 1 is 1.22 bits per heavy atom. The van der Waals surface area contributed by atoms with Gasteiger partial charge in [-0.3, -0.25) is 4.79 Å². The molecule has 0 unspecified atom stereocenters. The molecule has 0 radical (unpaired) electrons. The highest BCUT2D eigenvalue weighted by Crippen LogP contribution is 2.33. The maximum atomic E-state index is 11.4. The monoisotopic (exact) mass is 351 g/mol. The van der Waals surface area contributed by atoms with Crippen LogP contribution in [0, 0.1) is 0 Å². The van der Waals surface area contributed by atoms with Gasteiger partial charge in [0.25, 0.3) is 5.91 Å². The Morgan fingerprint density at radius 3 is 2.74 bits per heavy atom. The molecule has 3 rings (SSSR count). The van der Waals surface area contributed by atoms with Crippen molar-refractivity contribution in [2.45, 2.75) is 17.4 Å². The number of ether oxygens (including phenoxy) is 2. The summed E-state index contributed by atoms with van der Waals surface area (Å²) in [5, 5.41) is 2.65. The molecule has 4 nitrogen and oxygen atoms in total. The minimum Gasteiger partial charge on any atom is -0.488 e. The van der Waals surface area contributed by atoms with Crippen molar-refractivity contribution in [2.24, 2.45) is 0 Å². The maximum absolute atomic E-state index is 11.4. The van der Waals surface area contributed by atoms with Gasteiger partial charge in [0.05, 0.1) is 6.54 Å². The SMILES string of the molecule is O=C(NC[C@H]1Cc2cc(Oc3ccccc3)ccc2O1)C(Cl)Cl. The highest BCUT2D eigenvalue weighted by molar-refractivity contribution is 6.53. The van der Waals surface area contributed by atoms with E-state index >= 15 is 0 Å². The molecule has 120 valence electrons. The molecule has 1 aliphatic rings. The minimum atomic E-state index is -1.07. The largest absolute Gasteiger partial charge is 0.488 e. The van der Waals surface area contributed by atoms with E-state index in [0.717, 1.165) is 22.8 Å². The van der Waals surface area contributed by atoms with E-state index in [1.165, 1.54) is 0 Å². The fourth-order valence-electron chi connectivity index (χ4n) is 2.39. The summed E-state index contributed by atoms with van der Waals surface area (Å²) in [5.41, 5.74) is 1.05. The predicted molar refractivity (Wildman–Crippen MR) is 89.6 cm³/mol. The second kappa shape index (κ2) is 7.11. The number of benzene rings is 2. The fraction of sp³-hybridized carbons (Fsp3) is 0.235. The summed E-state index contributed by atoms with van der Waals surface area (Å²) in [7, 11) is 0. The summed E-state index contributed by atoms with van der Waals surface area (Å²) in [6.07, 6.45) is 0.560. The zero-order valence-corrected chi connectivity index (χ0v) is 13.7. The Morgan fingerprint density at radius 2 is 2.00 bits per heavy atom. The van der Waals surface area contributed by atoms with E-state index in [0.29, 0.717) is 13.0 Å². The molecule has 1 aliphatic heterocycles. The third-order valence-electron chi connectivity index (χ3n) is 3.45. The van der Waals surface area contributed by atoms with Gasteiger partial charge in [0.15, 0.2) is 4.84 Å². The van der Waals surface area contributed by atoms with Crippen LogP contribution >= 0.6 is 23.2 Å². The van der Waals surface area contributed by atoms with E-state index < -0.39 is 10.7 Å². The quantitative estimate of drug-likeness (QED) is 0.835. The molecule has 1 atom stereocenters. The van der Waals surface area contributed by atoms with Crippen molar-refractivity contribution >= 4 is 29.1 Å². The molecular weight excluding hydrogens is 337 g/mol. The Balaban J connectivity index is 1.61. The summed E-state index contributed by atoms with van der Waals surface area (Å²) in [6, 6.07) is 15.3. The number of amides is 1. The Bertz CT molecular complexity index is 691. The fourth-order valence-corrected chi connectivity index (χ4v) is 2.54. The molecular formula is C17H15Cl2NO3. The lowest BCUT2D eigenvalue weighted by Crippen LogP contribution is -2.37. The van der Waals surface area contributed by atoms with Crippen LogP contribution in [0.3, 0.4) is 0 Å². The van der Waals surface area contributed by atoms with Crippen molar-refractivity contribution in [1.29, 1.82) is 0 Å². The van der Waals surface area contributed by atoms with E-state index in [-0.39, 0.29) is 6.10 Å². The second-order valence-corrected chi connectivity index (χ2v) is 6.27. The normalized spacial score (nSPS) is 15.9. The van der Waals surface area contributed by atoms with Crippen molar-refractivity contribution in [1.82, 2.24) is 5.32 Å². The number of hydrogen-bond acceptors (Lipinski definition) is 3. The van der Waals surface area contributed by atoms with Crippen LogP contribution in [-0.2, 0) is 11.2 Å². The molecule has 0 spiro atoms. The molecule has 0 fully saturated rings. The van der Waals surface area contributed by atoms with Crippen LogP contribution < -0.4 is 14.8 Å². The first-order valence-electron chi connectivity index (χ1n) is 7.20. The first-order chi connectivity index (χ1) is 11.1. The first-order valence-corrected chi connectivity index (χ1v) is 8.07. The molecule has 2 aromatic carbocycles. The van der Waals surface area contributed by atoms with Crippen LogP contribution in [-0.4, -0.2) is 23.4 Å². The number of rotatable bonds is 5. The van der Waals surface area contributed by atoms with Crippen LogP contribution in [0.2, 0.25) is 0 Å². The maximum Gasteiger partial charge on any atom is 0.253 e. The second-order valence-electron chi connectivity index (χ2n) is 5.17.